The van der Waals surface area contributed by atoms with Gasteiger partial charge in [-0.25, -0.2) is 0 Å². The summed E-state index contributed by atoms with van der Waals surface area (Å²) in [6.07, 6.45) is 3.70. The molecule has 4 heteroatoms. The van der Waals surface area contributed by atoms with Gasteiger partial charge in [0, 0.05) is 25.4 Å². The van der Waals surface area contributed by atoms with Crippen LogP contribution in [0, 0.1) is 0 Å². The van der Waals surface area contributed by atoms with E-state index in [-0.39, 0.29) is 12.0 Å². The van der Waals surface area contributed by atoms with E-state index in [1.54, 1.807) is 0 Å². The van der Waals surface area contributed by atoms with E-state index < -0.39 is 0 Å². The molecule has 20 heavy (non-hydrogen) atoms. The van der Waals surface area contributed by atoms with E-state index in [0.717, 1.165) is 43.5 Å². The van der Waals surface area contributed by atoms with Gasteiger partial charge >= 0.3 is 0 Å². The van der Waals surface area contributed by atoms with E-state index in [4.69, 9.17) is 10.5 Å². The Hall–Kier alpha value is -1.55. The maximum absolute atomic E-state index is 12.5. The standard InChI is InChI=1S/C16H24N2O2/c1-2-10-18(12-13-6-8-14(17)9-7-13)16(19)15-5-3-4-11-20-15/h6-9,15H,2-5,10-12,17H2,1H3. The van der Waals surface area contributed by atoms with E-state index in [2.05, 4.69) is 6.92 Å². The Morgan fingerprint density at radius 3 is 2.70 bits per heavy atom. The fraction of sp³-hybridized carbons (Fsp3) is 0.562. The summed E-state index contributed by atoms with van der Waals surface area (Å²) in [6.45, 7) is 4.19. The van der Waals surface area contributed by atoms with Gasteiger partial charge in [-0.15, -0.1) is 0 Å². The molecule has 1 saturated heterocycles. The van der Waals surface area contributed by atoms with Gasteiger partial charge in [0.15, 0.2) is 0 Å². The van der Waals surface area contributed by atoms with Crippen molar-refractivity contribution in [1.29, 1.82) is 0 Å². The lowest BCUT2D eigenvalue weighted by molar-refractivity contribution is -0.147. The van der Waals surface area contributed by atoms with Gasteiger partial charge in [-0.2, -0.15) is 0 Å². The number of rotatable bonds is 5. The van der Waals surface area contributed by atoms with Crippen LogP contribution in [0.2, 0.25) is 0 Å². The number of carbonyl (C=O) groups is 1. The molecule has 4 nitrogen and oxygen atoms in total. The molecule has 110 valence electrons. The summed E-state index contributed by atoms with van der Waals surface area (Å²) in [5.74, 6) is 0.128. The molecule has 1 unspecified atom stereocenters. The zero-order valence-electron chi connectivity index (χ0n) is 12.2. The first-order chi connectivity index (χ1) is 9.70. The van der Waals surface area contributed by atoms with E-state index in [0.29, 0.717) is 13.2 Å². The monoisotopic (exact) mass is 276 g/mol. The number of carbonyl (C=O) groups excluding carboxylic acids is 1. The van der Waals surface area contributed by atoms with E-state index >= 15 is 0 Å². The van der Waals surface area contributed by atoms with Gasteiger partial charge in [-0.1, -0.05) is 19.1 Å². The molecule has 0 bridgehead atoms. The second-order valence-electron chi connectivity index (χ2n) is 5.36. The quantitative estimate of drug-likeness (QED) is 0.841. The third kappa shape index (κ3) is 3.97. The average Bonchev–Trinajstić information content (AvgIpc) is 2.49. The Bertz CT molecular complexity index is 425. The van der Waals surface area contributed by atoms with Crippen LogP contribution in [0.5, 0.6) is 0 Å². The van der Waals surface area contributed by atoms with Gasteiger partial charge in [0.1, 0.15) is 6.10 Å². The van der Waals surface area contributed by atoms with Crippen LogP contribution in [-0.4, -0.2) is 30.1 Å². The van der Waals surface area contributed by atoms with Gasteiger partial charge in [0.25, 0.3) is 5.91 Å². The molecule has 1 amide bonds. The molecule has 1 aromatic rings. The van der Waals surface area contributed by atoms with E-state index in [1.165, 1.54) is 0 Å². The molecule has 1 heterocycles. The molecule has 0 radical (unpaired) electrons. The molecular formula is C16H24N2O2. The number of benzene rings is 1. The largest absolute Gasteiger partial charge is 0.399 e. The van der Waals surface area contributed by atoms with E-state index in [1.807, 2.05) is 29.2 Å². The summed E-state index contributed by atoms with van der Waals surface area (Å²) >= 11 is 0. The Labute approximate surface area is 120 Å². The van der Waals surface area contributed by atoms with Crippen molar-refractivity contribution in [2.45, 2.75) is 45.3 Å². The number of nitrogen functional groups attached to an aromatic ring is 1. The number of amides is 1. The molecule has 1 fully saturated rings. The van der Waals surface area contributed by atoms with Crippen LogP contribution in [0.3, 0.4) is 0 Å². The van der Waals surface area contributed by atoms with Crippen molar-refractivity contribution in [3.63, 3.8) is 0 Å². The first kappa shape index (κ1) is 14.9. The fourth-order valence-electron chi connectivity index (χ4n) is 2.52. The van der Waals surface area contributed by atoms with Crippen molar-refractivity contribution >= 4 is 11.6 Å². The first-order valence-corrected chi connectivity index (χ1v) is 7.45. The van der Waals surface area contributed by atoms with Crippen LogP contribution in [0.1, 0.15) is 38.2 Å². The third-order valence-electron chi connectivity index (χ3n) is 3.61. The van der Waals surface area contributed by atoms with Crippen molar-refractivity contribution < 1.29 is 9.53 Å². The predicted molar refractivity (Wildman–Crippen MR) is 80.2 cm³/mol. The Balaban J connectivity index is 2.01. The Morgan fingerprint density at radius 2 is 2.10 bits per heavy atom. The van der Waals surface area contributed by atoms with Crippen LogP contribution < -0.4 is 5.73 Å². The second-order valence-corrected chi connectivity index (χ2v) is 5.36. The van der Waals surface area contributed by atoms with Crippen molar-refractivity contribution in [1.82, 2.24) is 4.90 Å². The molecule has 0 spiro atoms. The molecule has 2 N–H and O–H groups in total. The van der Waals surface area contributed by atoms with Gasteiger partial charge in [-0.05, 0) is 43.4 Å². The highest BCUT2D eigenvalue weighted by Gasteiger charge is 2.26. The van der Waals surface area contributed by atoms with Gasteiger partial charge in [0.2, 0.25) is 0 Å². The fourth-order valence-corrected chi connectivity index (χ4v) is 2.52. The number of nitrogens with zero attached hydrogens (tertiary/aromatic N) is 1. The number of nitrogens with two attached hydrogens (primary N) is 1. The maximum Gasteiger partial charge on any atom is 0.251 e. The van der Waals surface area contributed by atoms with Crippen LogP contribution in [-0.2, 0) is 16.1 Å². The number of anilines is 1. The molecular weight excluding hydrogens is 252 g/mol. The number of ether oxygens (including phenoxy) is 1. The molecule has 1 atom stereocenters. The van der Waals surface area contributed by atoms with Crippen molar-refractivity contribution in [3.8, 4) is 0 Å². The van der Waals surface area contributed by atoms with Gasteiger partial charge in [0.05, 0.1) is 0 Å². The lowest BCUT2D eigenvalue weighted by atomic mass is 10.1. The van der Waals surface area contributed by atoms with Gasteiger partial charge < -0.3 is 15.4 Å². The Kier molecular flexibility index (Phi) is 5.41. The molecule has 0 aliphatic carbocycles. The lowest BCUT2D eigenvalue weighted by Crippen LogP contribution is -2.41. The third-order valence-corrected chi connectivity index (χ3v) is 3.61. The highest BCUT2D eigenvalue weighted by Crippen LogP contribution is 2.17. The van der Waals surface area contributed by atoms with Crippen molar-refractivity contribution in [3.05, 3.63) is 29.8 Å². The minimum Gasteiger partial charge on any atom is -0.399 e. The van der Waals surface area contributed by atoms with Gasteiger partial charge in [-0.3, -0.25) is 4.79 Å². The topological polar surface area (TPSA) is 55.6 Å². The molecule has 0 aromatic heterocycles. The van der Waals surface area contributed by atoms with Crippen LogP contribution in [0.15, 0.2) is 24.3 Å². The summed E-state index contributed by atoms with van der Waals surface area (Å²) in [4.78, 5) is 14.4. The number of hydrogen-bond acceptors (Lipinski definition) is 3. The smallest absolute Gasteiger partial charge is 0.251 e. The minimum atomic E-state index is -0.246. The summed E-state index contributed by atoms with van der Waals surface area (Å²) in [5, 5.41) is 0. The molecule has 0 saturated carbocycles. The SMILES string of the molecule is CCCN(Cc1ccc(N)cc1)C(=O)C1CCCCO1. The minimum absolute atomic E-state index is 0.128. The van der Waals surface area contributed by atoms with Crippen LogP contribution >= 0.6 is 0 Å². The molecule has 1 aliphatic heterocycles. The lowest BCUT2D eigenvalue weighted by Gasteiger charge is -2.29. The maximum atomic E-state index is 12.5. The van der Waals surface area contributed by atoms with Crippen LogP contribution in [0.25, 0.3) is 0 Å². The zero-order chi connectivity index (χ0) is 14.4. The normalized spacial score (nSPS) is 18.8. The average molecular weight is 276 g/mol. The molecule has 1 aliphatic rings. The summed E-state index contributed by atoms with van der Waals surface area (Å²) in [6, 6.07) is 7.71. The predicted octanol–water partition coefficient (Wildman–Crippen LogP) is 2.58. The highest BCUT2D eigenvalue weighted by molar-refractivity contribution is 5.81. The van der Waals surface area contributed by atoms with Crippen molar-refractivity contribution in [2.24, 2.45) is 0 Å². The second kappa shape index (κ2) is 7.29. The van der Waals surface area contributed by atoms with E-state index in [9.17, 15) is 4.79 Å². The molecule has 2 rings (SSSR count). The summed E-state index contributed by atoms with van der Waals surface area (Å²) in [5.41, 5.74) is 7.55. The highest BCUT2D eigenvalue weighted by atomic mass is 16.5. The Morgan fingerprint density at radius 1 is 1.35 bits per heavy atom. The van der Waals surface area contributed by atoms with Crippen LogP contribution in [0.4, 0.5) is 5.69 Å². The zero-order valence-corrected chi connectivity index (χ0v) is 12.2. The van der Waals surface area contributed by atoms with Crippen molar-refractivity contribution in [2.75, 3.05) is 18.9 Å². The molecule has 1 aromatic carbocycles. The number of hydrogen-bond donors (Lipinski definition) is 1. The first-order valence-electron chi connectivity index (χ1n) is 7.45. The summed E-state index contributed by atoms with van der Waals surface area (Å²) in [7, 11) is 0. The summed E-state index contributed by atoms with van der Waals surface area (Å²) < 4.78 is 5.61.